The number of hydrogen-bond donors (Lipinski definition) is 1. The Morgan fingerprint density at radius 3 is 2.53 bits per heavy atom. The Hall–Kier alpha value is -3.31. The highest BCUT2D eigenvalue weighted by Crippen LogP contribution is 2.51. The van der Waals surface area contributed by atoms with E-state index >= 15 is 0 Å². The highest BCUT2D eigenvalue weighted by molar-refractivity contribution is 9.10. The van der Waals surface area contributed by atoms with Crippen molar-refractivity contribution in [1.82, 2.24) is 4.57 Å². The Bertz CT molecular complexity index is 1300. The molecule has 1 atom stereocenters. The predicted molar refractivity (Wildman–Crippen MR) is 122 cm³/mol. The second-order valence-electron chi connectivity index (χ2n) is 7.69. The van der Waals surface area contributed by atoms with Crippen molar-refractivity contribution in [1.29, 1.82) is 0 Å². The van der Waals surface area contributed by atoms with Gasteiger partial charge in [-0.1, -0.05) is 58.4 Å². The van der Waals surface area contributed by atoms with Gasteiger partial charge in [-0.05, 0) is 48.0 Å². The zero-order chi connectivity index (χ0) is 20.3. The van der Waals surface area contributed by atoms with Crippen LogP contribution in [0, 0.1) is 0 Å². The molecule has 4 aromatic rings. The van der Waals surface area contributed by atoms with Crippen LogP contribution in [0.3, 0.4) is 0 Å². The molecule has 1 N–H and O–H groups in total. The van der Waals surface area contributed by atoms with Crippen LogP contribution in [0.2, 0.25) is 0 Å². The summed E-state index contributed by atoms with van der Waals surface area (Å²) in [5, 5.41) is 3.63. The molecule has 1 unspecified atom stereocenters. The molecular formula is C25H18BrN3O. The van der Waals surface area contributed by atoms with Gasteiger partial charge in [0.2, 0.25) is 0 Å². The molecule has 1 amide bonds. The number of hydrogen-bond acceptors (Lipinski definition) is 2. The standard InChI is InChI=1S/C25H18BrN3O/c26-18-12-13-21-19(15-18)25(24(30)29(21)16-17-7-2-1-3-8-17)23-11-6-14-28(23)22-10-5-4-9-20(22)27-25/h1-15,27H,16H2. The monoisotopic (exact) mass is 455 g/mol. The number of benzene rings is 3. The molecule has 6 rings (SSSR count). The van der Waals surface area contributed by atoms with E-state index in [0.717, 1.165) is 38.4 Å². The first-order valence-electron chi connectivity index (χ1n) is 9.90. The topological polar surface area (TPSA) is 37.3 Å². The summed E-state index contributed by atoms with van der Waals surface area (Å²) >= 11 is 3.62. The summed E-state index contributed by atoms with van der Waals surface area (Å²) in [5.41, 5.74) is 4.96. The molecule has 0 radical (unpaired) electrons. The lowest BCUT2D eigenvalue weighted by molar-refractivity contribution is -0.121. The maximum Gasteiger partial charge on any atom is 0.264 e. The first kappa shape index (κ1) is 17.5. The van der Waals surface area contributed by atoms with Gasteiger partial charge in [-0.15, -0.1) is 0 Å². The van der Waals surface area contributed by atoms with Gasteiger partial charge >= 0.3 is 0 Å². The smallest absolute Gasteiger partial charge is 0.264 e. The van der Waals surface area contributed by atoms with Crippen LogP contribution in [0.5, 0.6) is 0 Å². The minimum atomic E-state index is -0.967. The maximum absolute atomic E-state index is 14.2. The van der Waals surface area contributed by atoms with Gasteiger partial charge in [0.1, 0.15) is 0 Å². The lowest BCUT2D eigenvalue weighted by Gasteiger charge is -2.37. The molecule has 0 bridgehead atoms. The summed E-state index contributed by atoms with van der Waals surface area (Å²) in [7, 11) is 0. The van der Waals surface area contributed by atoms with E-state index in [9.17, 15) is 4.79 Å². The lowest BCUT2D eigenvalue weighted by Crippen LogP contribution is -2.49. The molecule has 3 heterocycles. The molecular weight excluding hydrogens is 438 g/mol. The Morgan fingerprint density at radius 2 is 1.67 bits per heavy atom. The molecule has 5 heteroatoms. The molecule has 0 saturated heterocycles. The highest BCUT2D eigenvalue weighted by Gasteiger charge is 2.55. The number of fused-ring (bicyclic) bond motifs is 6. The predicted octanol–water partition coefficient (Wildman–Crippen LogP) is 5.46. The molecule has 4 nitrogen and oxygen atoms in total. The van der Waals surface area contributed by atoms with Crippen LogP contribution in [0.4, 0.5) is 11.4 Å². The molecule has 0 aliphatic carbocycles. The van der Waals surface area contributed by atoms with Gasteiger partial charge in [-0.2, -0.15) is 0 Å². The van der Waals surface area contributed by atoms with E-state index < -0.39 is 5.54 Å². The third-order valence-electron chi connectivity index (χ3n) is 6.02. The van der Waals surface area contributed by atoms with Gasteiger partial charge in [0.05, 0.1) is 29.3 Å². The Labute approximate surface area is 182 Å². The number of anilines is 2. The normalized spacial score (nSPS) is 18.7. The van der Waals surface area contributed by atoms with Crippen LogP contribution in [0.25, 0.3) is 5.69 Å². The molecule has 30 heavy (non-hydrogen) atoms. The van der Waals surface area contributed by atoms with Gasteiger partial charge in [0.25, 0.3) is 5.91 Å². The van der Waals surface area contributed by atoms with Crippen molar-refractivity contribution in [2.75, 3.05) is 10.2 Å². The molecule has 2 aliphatic heterocycles. The fourth-order valence-electron chi connectivity index (χ4n) is 4.71. The number of carbonyl (C=O) groups excluding carboxylic acids is 1. The van der Waals surface area contributed by atoms with Crippen LogP contribution in [0.15, 0.2) is 95.6 Å². The average molecular weight is 456 g/mol. The number of nitrogens with one attached hydrogen (secondary N) is 1. The van der Waals surface area contributed by atoms with Crippen molar-refractivity contribution in [3.8, 4) is 5.69 Å². The van der Waals surface area contributed by atoms with Crippen LogP contribution >= 0.6 is 15.9 Å². The van der Waals surface area contributed by atoms with E-state index in [-0.39, 0.29) is 5.91 Å². The minimum absolute atomic E-state index is 0.0360. The first-order valence-corrected chi connectivity index (χ1v) is 10.7. The number of halogens is 1. The van der Waals surface area contributed by atoms with Crippen LogP contribution < -0.4 is 10.2 Å². The summed E-state index contributed by atoms with van der Waals surface area (Å²) in [6, 6.07) is 28.4. The van der Waals surface area contributed by atoms with Crippen molar-refractivity contribution in [3.05, 3.63) is 112 Å². The van der Waals surface area contributed by atoms with Crippen molar-refractivity contribution in [3.63, 3.8) is 0 Å². The number of carbonyl (C=O) groups is 1. The SMILES string of the molecule is O=C1N(Cc2ccccc2)c2ccc(Br)cc2C12Nc1ccccc1-n1cccc12. The Morgan fingerprint density at radius 1 is 0.867 bits per heavy atom. The molecule has 0 saturated carbocycles. The van der Waals surface area contributed by atoms with Gasteiger partial charge in [0, 0.05) is 16.2 Å². The lowest BCUT2D eigenvalue weighted by atomic mass is 9.85. The van der Waals surface area contributed by atoms with E-state index in [1.807, 2.05) is 71.8 Å². The average Bonchev–Trinajstić information content (AvgIpc) is 3.35. The molecule has 1 aromatic heterocycles. The molecule has 1 spiro atoms. The van der Waals surface area contributed by atoms with Crippen LogP contribution in [-0.4, -0.2) is 10.5 Å². The number of para-hydroxylation sites is 2. The molecule has 146 valence electrons. The number of nitrogens with zero attached hydrogens (tertiary/aromatic N) is 2. The zero-order valence-corrected chi connectivity index (χ0v) is 17.6. The van der Waals surface area contributed by atoms with E-state index in [4.69, 9.17) is 0 Å². The largest absolute Gasteiger partial charge is 0.361 e. The number of amides is 1. The summed E-state index contributed by atoms with van der Waals surface area (Å²) in [4.78, 5) is 16.1. The highest BCUT2D eigenvalue weighted by atomic mass is 79.9. The van der Waals surface area contributed by atoms with E-state index in [1.54, 1.807) is 0 Å². The fraction of sp³-hybridized carbons (Fsp3) is 0.0800. The Kier molecular flexibility index (Phi) is 3.71. The number of rotatable bonds is 2. The third kappa shape index (κ3) is 2.30. The van der Waals surface area contributed by atoms with Crippen molar-refractivity contribution in [2.24, 2.45) is 0 Å². The maximum atomic E-state index is 14.2. The van der Waals surface area contributed by atoms with E-state index in [1.165, 1.54) is 0 Å². The van der Waals surface area contributed by atoms with Gasteiger partial charge < -0.3 is 14.8 Å². The second-order valence-corrected chi connectivity index (χ2v) is 8.61. The van der Waals surface area contributed by atoms with E-state index in [2.05, 4.69) is 50.1 Å². The van der Waals surface area contributed by atoms with Gasteiger partial charge in [-0.25, -0.2) is 0 Å². The minimum Gasteiger partial charge on any atom is -0.361 e. The van der Waals surface area contributed by atoms with Crippen LogP contribution in [0.1, 0.15) is 16.8 Å². The van der Waals surface area contributed by atoms with Gasteiger partial charge in [0.15, 0.2) is 5.54 Å². The summed E-state index contributed by atoms with van der Waals surface area (Å²) in [6.45, 7) is 0.528. The third-order valence-corrected chi connectivity index (χ3v) is 6.51. The first-order chi connectivity index (χ1) is 14.7. The number of aromatic nitrogens is 1. The van der Waals surface area contributed by atoms with Crippen molar-refractivity contribution < 1.29 is 4.79 Å². The molecule has 0 fully saturated rings. The van der Waals surface area contributed by atoms with Crippen LogP contribution in [-0.2, 0) is 16.9 Å². The zero-order valence-electron chi connectivity index (χ0n) is 16.0. The fourth-order valence-corrected chi connectivity index (χ4v) is 5.08. The second kappa shape index (κ2) is 6.34. The van der Waals surface area contributed by atoms with E-state index in [0.29, 0.717) is 6.54 Å². The Balaban J connectivity index is 1.59. The molecule has 3 aromatic carbocycles. The quantitative estimate of drug-likeness (QED) is 0.435. The van der Waals surface area contributed by atoms with Gasteiger partial charge in [-0.3, -0.25) is 4.79 Å². The summed E-state index contributed by atoms with van der Waals surface area (Å²) < 4.78 is 3.08. The molecule has 2 aliphatic rings. The van der Waals surface area contributed by atoms with Crippen molar-refractivity contribution >= 4 is 33.2 Å². The summed E-state index contributed by atoms with van der Waals surface area (Å²) in [5.74, 6) is 0.0360. The summed E-state index contributed by atoms with van der Waals surface area (Å²) in [6.07, 6.45) is 2.03. The van der Waals surface area contributed by atoms with Crippen molar-refractivity contribution in [2.45, 2.75) is 12.1 Å².